The van der Waals surface area contributed by atoms with Gasteiger partial charge in [0, 0.05) is 24.2 Å². The van der Waals surface area contributed by atoms with Crippen LogP contribution < -0.4 is 4.74 Å². The molecule has 2 rings (SSSR count). The van der Waals surface area contributed by atoms with E-state index in [4.69, 9.17) is 4.74 Å². The average Bonchev–Trinajstić information content (AvgIpc) is 2.47. The minimum atomic E-state index is -4.40. The SMILES string of the molecule is COc1ccc(CC(=O)c2ccc(C(F)(F)F)cc2)cn1. The summed E-state index contributed by atoms with van der Waals surface area (Å²) in [5, 5.41) is 0. The third-order valence-electron chi connectivity index (χ3n) is 2.91. The van der Waals surface area contributed by atoms with Crippen LogP contribution in [-0.4, -0.2) is 17.9 Å². The molecule has 1 heterocycles. The zero-order valence-corrected chi connectivity index (χ0v) is 11.1. The van der Waals surface area contributed by atoms with E-state index in [9.17, 15) is 18.0 Å². The van der Waals surface area contributed by atoms with Gasteiger partial charge in [-0.1, -0.05) is 18.2 Å². The third kappa shape index (κ3) is 3.81. The number of halogens is 3. The van der Waals surface area contributed by atoms with Crippen LogP contribution in [0.2, 0.25) is 0 Å². The largest absolute Gasteiger partial charge is 0.481 e. The Morgan fingerprint density at radius 1 is 1.14 bits per heavy atom. The number of ketones is 1. The van der Waals surface area contributed by atoms with Crippen molar-refractivity contribution in [1.29, 1.82) is 0 Å². The number of carbonyl (C=O) groups is 1. The Labute approximate surface area is 119 Å². The van der Waals surface area contributed by atoms with Gasteiger partial charge in [0.25, 0.3) is 0 Å². The number of nitrogens with zero attached hydrogens (tertiary/aromatic N) is 1. The fraction of sp³-hybridized carbons (Fsp3) is 0.200. The molecule has 0 bridgehead atoms. The van der Waals surface area contributed by atoms with Crippen LogP contribution in [0.3, 0.4) is 0 Å². The number of methoxy groups -OCH3 is 1. The van der Waals surface area contributed by atoms with E-state index in [1.165, 1.54) is 25.4 Å². The highest BCUT2D eigenvalue weighted by Crippen LogP contribution is 2.29. The molecular formula is C15H12F3NO2. The zero-order chi connectivity index (χ0) is 15.5. The van der Waals surface area contributed by atoms with Crippen molar-refractivity contribution in [2.24, 2.45) is 0 Å². The van der Waals surface area contributed by atoms with Crippen LogP contribution >= 0.6 is 0 Å². The molecule has 1 aromatic carbocycles. The predicted octanol–water partition coefficient (Wildman–Crippen LogP) is 3.53. The van der Waals surface area contributed by atoms with Crippen LogP contribution in [-0.2, 0) is 12.6 Å². The first-order chi connectivity index (χ1) is 9.90. The molecule has 0 aliphatic rings. The Morgan fingerprint density at radius 3 is 2.29 bits per heavy atom. The number of rotatable bonds is 4. The summed E-state index contributed by atoms with van der Waals surface area (Å²) >= 11 is 0. The minimum Gasteiger partial charge on any atom is -0.481 e. The smallest absolute Gasteiger partial charge is 0.416 e. The van der Waals surface area contributed by atoms with Gasteiger partial charge in [-0.05, 0) is 17.7 Å². The maximum absolute atomic E-state index is 12.4. The number of pyridine rings is 1. The molecule has 21 heavy (non-hydrogen) atoms. The van der Waals surface area contributed by atoms with Crippen molar-refractivity contribution in [3.63, 3.8) is 0 Å². The summed E-state index contributed by atoms with van der Waals surface area (Å²) in [5.74, 6) is 0.163. The Balaban J connectivity index is 2.09. The van der Waals surface area contributed by atoms with Crippen LogP contribution in [0.25, 0.3) is 0 Å². The molecule has 6 heteroatoms. The number of benzene rings is 1. The topological polar surface area (TPSA) is 39.2 Å². The van der Waals surface area contributed by atoms with Gasteiger partial charge in [-0.3, -0.25) is 4.79 Å². The molecule has 2 aromatic rings. The Morgan fingerprint density at radius 2 is 1.81 bits per heavy atom. The molecule has 0 unspecified atom stereocenters. The van der Waals surface area contributed by atoms with E-state index in [-0.39, 0.29) is 17.8 Å². The summed E-state index contributed by atoms with van der Waals surface area (Å²) in [5.41, 5.74) is 0.129. The van der Waals surface area contributed by atoms with E-state index in [0.717, 1.165) is 12.1 Å². The van der Waals surface area contributed by atoms with E-state index in [2.05, 4.69) is 4.98 Å². The lowest BCUT2D eigenvalue weighted by Gasteiger charge is -2.07. The zero-order valence-electron chi connectivity index (χ0n) is 11.1. The highest BCUT2D eigenvalue weighted by atomic mass is 19.4. The summed E-state index contributed by atoms with van der Waals surface area (Å²) in [6.45, 7) is 0. The summed E-state index contributed by atoms with van der Waals surface area (Å²) < 4.78 is 42.2. The second-order valence-electron chi connectivity index (χ2n) is 4.38. The Kier molecular flexibility index (Phi) is 4.26. The van der Waals surface area contributed by atoms with Gasteiger partial charge in [0.1, 0.15) is 0 Å². The molecule has 0 atom stereocenters. The summed E-state index contributed by atoms with van der Waals surface area (Å²) in [7, 11) is 1.48. The first-order valence-corrected chi connectivity index (χ1v) is 6.09. The molecule has 110 valence electrons. The maximum Gasteiger partial charge on any atom is 0.416 e. The van der Waals surface area contributed by atoms with Gasteiger partial charge in [-0.2, -0.15) is 13.2 Å². The fourth-order valence-electron chi connectivity index (χ4n) is 1.77. The number of ether oxygens (including phenoxy) is 1. The van der Waals surface area contributed by atoms with Gasteiger partial charge < -0.3 is 4.74 Å². The van der Waals surface area contributed by atoms with Crippen LogP contribution in [0.15, 0.2) is 42.6 Å². The quantitative estimate of drug-likeness (QED) is 0.810. The van der Waals surface area contributed by atoms with Crippen molar-refractivity contribution in [3.8, 4) is 5.88 Å². The number of alkyl halides is 3. The summed E-state index contributed by atoms with van der Waals surface area (Å²) in [6, 6.07) is 7.48. The first kappa shape index (κ1) is 15.0. The molecule has 0 N–H and O–H groups in total. The first-order valence-electron chi connectivity index (χ1n) is 6.09. The van der Waals surface area contributed by atoms with Crippen molar-refractivity contribution < 1.29 is 22.7 Å². The molecule has 0 saturated carbocycles. The summed E-state index contributed by atoms with van der Waals surface area (Å²) in [6.07, 6.45) is -2.83. The van der Waals surface area contributed by atoms with Crippen molar-refractivity contribution in [1.82, 2.24) is 4.98 Å². The number of hydrogen-bond acceptors (Lipinski definition) is 3. The van der Waals surface area contributed by atoms with Gasteiger partial charge >= 0.3 is 6.18 Å². The van der Waals surface area contributed by atoms with E-state index in [0.29, 0.717) is 11.4 Å². The van der Waals surface area contributed by atoms with Gasteiger partial charge in [0.2, 0.25) is 5.88 Å². The molecule has 0 saturated heterocycles. The second kappa shape index (κ2) is 5.95. The second-order valence-corrected chi connectivity index (χ2v) is 4.38. The Hall–Kier alpha value is -2.37. The number of hydrogen-bond donors (Lipinski definition) is 0. The average molecular weight is 295 g/mol. The highest BCUT2D eigenvalue weighted by molar-refractivity contribution is 5.97. The van der Waals surface area contributed by atoms with Crippen molar-refractivity contribution in [3.05, 3.63) is 59.3 Å². The molecule has 3 nitrogen and oxygen atoms in total. The lowest BCUT2D eigenvalue weighted by molar-refractivity contribution is -0.137. The van der Waals surface area contributed by atoms with Gasteiger partial charge in [0.05, 0.1) is 12.7 Å². The fourth-order valence-corrected chi connectivity index (χ4v) is 1.77. The Bertz CT molecular complexity index is 619. The number of carbonyl (C=O) groups excluding carboxylic acids is 1. The highest BCUT2D eigenvalue weighted by Gasteiger charge is 2.30. The summed E-state index contributed by atoms with van der Waals surface area (Å²) in [4.78, 5) is 16.0. The number of aromatic nitrogens is 1. The van der Waals surface area contributed by atoms with Gasteiger partial charge in [-0.15, -0.1) is 0 Å². The lowest BCUT2D eigenvalue weighted by Crippen LogP contribution is -2.07. The monoisotopic (exact) mass is 295 g/mol. The maximum atomic E-state index is 12.4. The number of Topliss-reactive ketones (excluding diaryl/α,β-unsaturated/α-hetero) is 1. The van der Waals surface area contributed by atoms with E-state index < -0.39 is 11.7 Å². The molecule has 1 aromatic heterocycles. The van der Waals surface area contributed by atoms with Gasteiger partial charge in [0.15, 0.2) is 5.78 Å². The van der Waals surface area contributed by atoms with E-state index >= 15 is 0 Å². The van der Waals surface area contributed by atoms with Crippen LogP contribution in [0.5, 0.6) is 5.88 Å². The van der Waals surface area contributed by atoms with Crippen molar-refractivity contribution >= 4 is 5.78 Å². The van der Waals surface area contributed by atoms with Crippen molar-refractivity contribution in [2.45, 2.75) is 12.6 Å². The van der Waals surface area contributed by atoms with E-state index in [1.54, 1.807) is 12.1 Å². The van der Waals surface area contributed by atoms with E-state index in [1.807, 2.05) is 0 Å². The van der Waals surface area contributed by atoms with Crippen molar-refractivity contribution in [2.75, 3.05) is 7.11 Å². The molecule has 0 fully saturated rings. The molecule has 0 amide bonds. The lowest BCUT2D eigenvalue weighted by atomic mass is 10.0. The molecule has 0 radical (unpaired) electrons. The van der Waals surface area contributed by atoms with Crippen LogP contribution in [0, 0.1) is 0 Å². The standard InChI is InChI=1S/C15H12F3NO2/c1-21-14-7-2-10(9-19-14)8-13(20)11-3-5-12(6-4-11)15(16,17)18/h2-7,9H,8H2,1H3. The normalized spacial score (nSPS) is 11.2. The van der Waals surface area contributed by atoms with Crippen LogP contribution in [0.4, 0.5) is 13.2 Å². The molecule has 0 aliphatic carbocycles. The minimum absolute atomic E-state index is 0.0718. The molecular weight excluding hydrogens is 283 g/mol. The third-order valence-corrected chi connectivity index (χ3v) is 2.91. The molecule has 0 aliphatic heterocycles. The predicted molar refractivity (Wildman–Crippen MR) is 70.3 cm³/mol. The molecule has 0 spiro atoms. The van der Waals surface area contributed by atoms with Crippen LogP contribution in [0.1, 0.15) is 21.5 Å². The van der Waals surface area contributed by atoms with Gasteiger partial charge in [-0.25, -0.2) is 4.98 Å².